The number of aromatic nitrogens is 2. The third-order valence-corrected chi connectivity index (χ3v) is 5.49. The maximum absolute atomic E-state index is 13.6. The summed E-state index contributed by atoms with van der Waals surface area (Å²) < 4.78 is 11.7. The van der Waals surface area contributed by atoms with Crippen LogP contribution in [0.25, 0.3) is 22.4 Å². The first-order valence-corrected chi connectivity index (χ1v) is 12.0. The van der Waals surface area contributed by atoms with Gasteiger partial charge in [0.15, 0.2) is 0 Å². The highest BCUT2D eigenvalue weighted by Gasteiger charge is 2.26. The molecule has 188 valence electrons. The third-order valence-electron chi connectivity index (χ3n) is 5.49. The average Bonchev–Trinajstić information content (AvgIpc) is 2.92. The van der Waals surface area contributed by atoms with Crippen LogP contribution >= 0.6 is 0 Å². The topological polar surface area (TPSA) is 99.5 Å². The molecule has 0 saturated carbocycles. The zero-order chi connectivity index (χ0) is 26.2. The first kappa shape index (κ1) is 25.4. The number of ether oxygens (including phenoxy) is 2. The smallest absolute Gasteiger partial charge is 0.344 e. The number of nitrogens with one attached hydrogen (secondary N) is 1. The summed E-state index contributed by atoms with van der Waals surface area (Å²) in [6.45, 7) is 3.78. The van der Waals surface area contributed by atoms with Gasteiger partial charge >= 0.3 is 5.97 Å². The van der Waals surface area contributed by atoms with Crippen molar-refractivity contribution in [3.8, 4) is 28.1 Å². The molecule has 0 bridgehead atoms. The molecule has 1 N–H and O–H groups in total. The Balaban J connectivity index is 1.80. The first-order chi connectivity index (χ1) is 18.0. The maximum atomic E-state index is 13.6. The van der Waals surface area contributed by atoms with Gasteiger partial charge in [-0.3, -0.25) is 9.59 Å². The van der Waals surface area contributed by atoms with E-state index in [1.807, 2.05) is 55.5 Å². The Morgan fingerprint density at radius 3 is 2.05 bits per heavy atom. The van der Waals surface area contributed by atoms with E-state index in [-0.39, 0.29) is 12.2 Å². The van der Waals surface area contributed by atoms with Gasteiger partial charge in [-0.2, -0.15) is 5.10 Å². The Morgan fingerprint density at radius 2 is 1.46 bits per heavy atom. The highest BCUT2D eigenvalue weighted by atomic mass is 16.5. The molecule has 4 aromatic rings. The van der Waals surface area contributed by atoms with Crippen LogP contribution in [0.1, 0.15) is 24.2 Å². The minimum atomic E-state index is -0.772. The van der Waals surface area contributed by atoms with Gasteiger partial charge in [0.25, 0.3) is 5.56 Å². The zero-order valence-corrected chi connectivity index (χ0v) is 20.6. The van der Waals surface area contributed by atoms with Gasteiger partial charge in [0.05, 0.1) is 18.9 Å². The fourth-order valence-corrected chi connectivity index (χ4v) is 3.89. The molecule has 1 aromatic heterocycles. The molecule has 0 unspecified atom stereocenters. The monoisotopic (exact) mass is 497 g/mol. The van der Waals surface area contributed by atoms with Crippen LogP contribution in [0, 0.1) is 0 Å². The average molecular weight is 498 g/mol. The minimum absolute atomic E-state index is 0.0910. The third kappa shape index (κ3) is 5.92. The van der Waals surface area contributed by atoms with E-state index < -0.39 is 24.0 Å². The number of amides is 1. The number of rotatable bonds is 9. The van der Waals surface area contributed by atoms with Gasteiger partial charge in [0.1, 0.15) is 17.9 Å². The van der Waals surface area contributed by atoms with Crippen molar-refractivity contribution in [3.63, 3.8) is 0 Å². The molecule has 0 fully saturated rings. The summed E-state index contributed by atoms with van der Waals surface area (Å²) >= 11 is 0. The lowest BCUT2D eigenvalue weighted by atomic mass is 9.95. The van der Waals surface area contributed by atoms with Crippen LogP contribution in [0.3, 0.4) is 0 Å². The van der Waals surface area contributed by atoms with Crippen LogP contribution in [0.5, 0.6) is 5.75 Å². The largest absolute Gasteiger partial charge is 0.494 e. The lowest BCUT2D eigenvalue weighted by Gasteiger charge is -2.17. The van der Waals surface area contributed by atoms with Crippen molar-refractivity contribution < 1.29 is 19.1 Å². The van der Waals surface area contributed by atoms with E-state index in [1.54, 1.807) is 43.3 Å². The second-order valence-corrected chi connectivity index (χ2v) is 8.02. The fraction of sp³-hybridized carbons (Fsp3) is 0.172. The number of benzene rings is 3. The van der Waals surface area contributed by atoms with Crippen LogP contribution < -0.4 is 15.6 Å². The van der Waals surface area contributed by atoms with Crippen LogP contribution in [-0.2, 0) is 16.1 Å². The number of carbonyl (C=O) groups is 2. The lowest BCUT2D eigenvalue weighted by molar-refractivity contribution is -0.117. The number of hydrogen-bond donors (Lipinski definition) is 1. The summed E-state index contributed by atoms with van der Waals surface area (Å²) in [4.78, 5) is 39.5. The summed E-state index contributed by atoms with van der Waals surface area (Å²) in [7, 11) is 0. The number of hydrogen-bond acceptors (Lipinski definition) is 6. The molecular weight excluding hydrogens is 470 g/mol. The maximum Gasteiger partial charge on any atom is 0.344 e. The lowest BCUT2D eigenvalue weighted by Crippen LogP contribution is -2.34. The quantitative estimate of drug-likeness (QED) is 0.334. The highest BCUT2D eigenvalue weighted by Crippen LogP contribution is 2.32. The van der Waals surface area contributed by atoms with Crippen molar-refractivity contribution >= 4 is 17.6 Å². The van der Waals surface area contributed by atoms with E-state index in [4.69, 9.17) is 9.47 Å². The molecule has 8 nitrogen and oxygen atoms in total. The molecule has 0 saturated heterocycles. The van der Waals surface area contributed by atoms with Gasteiger partial charge in [0.2, 0.25) is 5.91 Å². The number of nitrogens with zero attached hydrogens (tertiary/aromatic N) is 2. The molecule has 37 heavy (non-hydrogen) atoms. The molecule has 0 spiro atoms. The zero-order valence-electron chi connectivity index (χ0n) is 20.6. The summed E-state index contributed by atoms with van der Waals surface area (Å²) in [6.07, 6.45) is 0. The Morgan fingerprint density at radius 1 is 0.838 bits per heavy atom. The van der Waals surface area contributed by atoms with Gasteiger partial charge in [-0.25, -0.2) is 9.48 Å². The molecule has 1 heterocycles. The Labute approximate surface area is 214 Å². The van der Waals surface area contributed by atoms with E-state index in [2.05, 4.69) is 10.4 Å². The molecule has 0 atom stereocenters. The van der Waals surface area contributed by atoms with Crippen LogP contribution in [0.4, 0.5) is 5.69 Å². The molecule has 0 aliphatic carbocycles. The molecule has 1 amide bonds. The molecule has 3 aromatic carbocycles. The van der Waals surface area contributed by atoms with Gasteiger partial charge in [0, 0.05) is 16.8 Å². The van der Waals surface area contributed by atoms with Crippen molar-refractivity contribution in [1.82, 2.24) is 9.78 Å². The van der Waals surface area contributed by atoms with Crippen molar-refractivity contribution in [3.05, 3.63) is 101 Å². The minimum Gasteiger partial charge on any atom is -0.494 e. The molecule has 0 aliphatic rings. The van der Waals surface area contributed by atoms with E-state index in [9.17, 15) is 14.4 Å². The number of carbonyl (C=O) groups excluding carboxylic acids is 2. The van der Waals surface area contributed by atoms with Crippen molar-refractivity contribution in [1.29, 1.82) is 0 Å². The normalized spacial score (nSPS) is 10.5. The highest BCUT2D eigenvalue weighted by molar-refractivity contribution is 6.01. The van der Waals surface area contributed by atoms with Gasteiger partial charge in [-0.05, 0) is 43.7 Å². The second kappa shape index (κ2) is 11.8. The number of anilines is 1. The van der Waals surface area contributed by atoms with E-state index in [0.717, 1.165) is 4.68 Å². The van der Waals surface area contributed by atoms with Crippen molar-refractivity contribution in [2.24, 2.45) is 0 Å². The molecule has 8 heteroatoms. The van der Waals surface area contributed by atoms with Crippen molar-refractivity contribution in [2.75, 3.05) is 18.5 Å². The first-order valence-electron chi connectivity index (χ1n) is 12.0. The predicted octanol–water partition coefficient (Wildman–Crippen LogP) is 4.79. The molecule has 0 radical (unpaired) electrons. The molecule has 4 rings (SSSR count). The predicted molar refractivity (Wildman–Crippen MR) is 142 cm³/mol. The van der Waals surface area contributed by atoms with Gasteiger partial charge < -0.3 is 14.8 Å². The summed E-state index contributed by atoms with van der Waals surface area (Å²) in [6, 6.07) is 25.2. The molecular formula is C29H27N3O5. The van der Waals surface area contributed by atoms with Gasteiger partial charge in [-0.1, -0.05) is 60.7 Å². The Bertz CT molecular complexity index is 1430. The molecule has 0 aliphatic heterocycles. The SMILES string of the molecule is CCOC(=O)c1c(-c2ccccc2)c(-c2ccccc2)nn(CC(=O)Nc2ccc(OCC)cc2)c1=O. The van der Waals surface area contributed by atoms with Crippen molar-refractivity contribution in [2.45, 2.75) is 20.4 Å². The summed E-state index contributed by atoms with van der Waals surface area (Å²) in [5.41, 5.74) is 1.74. The van der Waals surface area contributed by atoms with E-state index in [0.29, 0.717) is 40.4 Å². The Kier molecular flexibility index (Phi) is 8.10. The fourth-order valence-electron chi connectivity index (χ4n) is 3.89. The van der Waals surface area contributed by atoms with E-state index >= 15 is 0 Å². The summed E-state index contributed by atoms with van der Waals surface area (Å²) in [5.74, 6) is -0.562. The van der Waals surface area contributed by atoms with Crippen LogP contribution in [-0.4, -0.2) is 34.9 Å². The van der Waals surface area contributed by atoms with Gasteiger partial charge in [-0.15, -0.1) is 0 Å². The van der Waals surface area contributed by atoms with E-state index in [1.165, 1.54) is 0 Å². The van der Waals surface area contributed by atoms with Crippen LogP contribution in [0.15, 0.2) is 89.7 Å². The standard InChI is InChI=1S/C29H27N3O5/c1-3-36-23-17-15-22(16-18-23)30-24(33)19-32-28(34)26(29(35)37-4-2)25(20-11-7-5-8-12-20)27(31-32)21-13-9-6-10-14-21/h5-18H,3-4,19H2,1-2H3,(H,30,33). The van der Waals surface area contributed by atoms with Crippen LogP contribution in [0.2, 0.25) is 0 Å². The Hall–Kier alpha value is -4.72. The second-order valence-electron chi connectivity index (χ2n) is 8.02. The number of esters is 1. The summed E-state index contributed by atoms with van der Waals surface area (Å²) in [5, 5.41) is 7.31.